The molecule has 0 spiro atoms. The summed E-state index contributed by atoms with van der Waals surface area (Å²) in [7, 11) is 0. The number of nitrogens with zero attached hydrogens (tertiary/aromatic N) is 1. The smallest absolute Gasteiger partial charge is 0.231 e. The second-order valence-electron chi connectivity index (χ2n) is 5.69. The highest BCUT2D eigenvalue weighted by Crippen LogP contribution is 2.44. The maximum Gasteiger partial charge on any atom is 0.231 e. The quantitative estimate of drug-likeness (QED) is 0.857. The Morgan fingerprint density at radius 1 is 1.41 bits per heavy atom. The molecule has 1 aromatic heterocycles. The molecule has 3 N–H and O–H groups in total. The molecule has 118 valence electrons. The Labute approximate surface area is 130 Å². The first-order chi connectivity index (χ1) is 10.7. The predicted octanol–water partition coefficient (Wildman–Crippen LogP) is 3.20. The first-order valence-corrected chi connectivity index (χ1v) is 7.89. The SMILES string of the molecule is CCC(CCCN)Nc1cc2c(c3c(C)ccnc13)OCO2. The van der Waals surface area contributed by atoms with Gasteiger partial charge in [0.15, 0.2) is 11.5 Å². The molecule has 2 aromatic rings. The Morgan fingerprint density at radius 3 is 3.05 bits per heavy atom. The Bertz CT molecular complexity index is 672. The summed E-state index contributed by atoms with van der Waals surface area (Å²) in [6.45, 7) is 5.24. The van der Waals surface area contributed by atoms with Crippen molar-refractivity contribution in [2.45, 2.75) is 39.2 Å². The Kier molecular flexibility index (Phi) is 4.34. The number of fused-ring (bicyclic) bond motifs is 3. The number of rotatable bonds is 6. The number of aryl methyl sites for hydroxylation is 1. The average Bonchev–Trinajstić information content (AvgIpc) is 2.99. The summed E-state index contributed by atoms with van der Waals surface area (Å²) in [5.74, 6) is 1.60. The van der Waals surface area contributed by atoms with Gasteiger partial charge in [0, 0.05) is 18.3 Å². The van der Waals surface area contributed by atoms with Gasteiger partial charge >= 0.3 is 0 Å². The van der Waals surface area contributed by atoms with Crippen LogP contribution in [0.4, 0.5) is 5.69 Å². The van der Waals surface area contributed by atoms with E-state index in [0.717, 1.165) is 59.5 Å². The highest BCUT2D eigenvalue weighted by Gasteiger charge is 2.22. The number of hydrogen-bond donors (Lipinski definition) is 2. The van der Waals surface area contributed by atoms with Gasteiger partial charge in [0.2, 0.25) is 6.79 Å². The van der Waals surface area contributed by atoms with Gasteiger partial charge in [-0.1, -0.05) is 6.92 Å². The molecule has 5 heteroatoms. The number of benzene rings is 1. The summed E-state index contributed by atoms with van der Waals surface area (Å²) < 4.78 is 11.2. The number of pyridine rings is 1. The molecule has 1 aliphatic rings. The zero-order valence-corrected chi connectivity index (χ0v) is 13.2. The van der Waals surface area contributed by atoms with E-state index in [1.54, 1.807) is 0 Å². The van der Waals surface area contributed by atoms with Gasteiger partial charge in [-0.15, -0.1) is 0 Å². The van der Waals surface area contributed by atoms with Crippen LogP contribution in [-0.4, -0.2) is 24.4 Å². The van der Waals surface area contributed by atoms with Crippen molar-refractivity contribution in [1.82, 2.24) is 4.98 Å². The summed E-state index contributed by atoms with van der Waals surface area (Å²) in [5.41, 5.74) is 8.72. The van der Waals surface area contributed by atoms with Crippen LogP contribution in [0.3, 0.4) is 0 Å². The summed E-state index contributed by atoms with van der Waals surface area (Å²) in [5, 5.41) is 4.65. The molecule has 1 aliphatic heterocycles. The lowest BCUT2D eigenvalue weighted by atomic mass is 10.0. The van der Waals surface area contributed by atoms with Crippen LogP contribution in [0.5, 0.6) is 11.5 Å². The van der Waals surface area contributed by atoms with E-state index in [2.05, 4.69) is 24.1 Å². The van der Waals surface area contributed by atoms with Crippen molar-refractivity contribution in [3.05, 3.63) is 23.9 Å². The normalized spacial score (nSPS) is 14.3. The highest BCUT2D eigenvalue weighted by atomic mass is 16.7. The van der Waals surface area contributed by atoms with Crippen LogP contribution in [-0.2, 0) is 0 Å². The van der Waals surface area contributed by atoms with Crippen molar-refractivity contribution in [2.75, 3.05) is 18.7 Å². The minimum absolute atomic E-state index is 0.270. The fourth-order valence-electron chi connectivity index (χ4n) is 2.91. The second-order valence-corrected chi connectivity index (χ2v) is 5.69. The summed E-state index contributed by atoms with van der Waals surface area (Å²) >= 11 is 0. The minimum atomic E-state index is 0.270. The van der Waals surface area contributed by atoms with Gasteiger partial charge in [-0.3, -0.25) is 4.98 Å². The topological polar surface area (TPSA) is 69.4 Å². The Morgan fingerprint density at radius 2 is 2.27 bits per heavy atom. The standard InChI is InChI=1S/C17H23N3O2/c1-3-12(5-4-7-18)20-13-9-14-17(22-10-21-14)15-11(2)6-8-19-16(13)15/h6,8-9,12,20H,3-5,7,10,18H2,1-2H3. The van der Waals surface area contributed by atoms with E-state index in [-0.39, 0.29) is 6.79 Å². The van der Waals surface area contributed by atoms with Gasteiger partial charge < -0.3 is 20.5 Å². The molecule has 22 heavy (non-hydrogen) atoms. The largest absolute Gasteiger partial charge is 0.453 e. The molecule has 0 saturated carbocycles. The van der Waals surface area contributed by atoms with E-state index in [4.69, 9.17) is 15.2 Å². The fourth-order valence-corrected chi connectivity index (χ4v) is 2.91. The van der Waals surface area contributed by atoms with Crippen LogP contribution in [0.25, 0.3) is 10.9 Å². The summed E-state index contributed by atoms with van der Waals surface area (Å²) in [4.78, 5) is 4.56. The van der Waals surface area contributed by atoms with E-state index in [0.29, 0.717) is 6.04 Å². The first kappa shape index (κ1) is 14.9. The van der Waals surface area contributed by atoms with Gasteiger partial charge in [-0.25, -0.2) is 0 Å². The molecular weight excluding hydrogens is 278 g/mol. The molecule has 0 amide bonds. The van der Waals surface area contributed by atoms with Crippen LogP contribution < -0.4 is 20.5 Å². The molecular formula is C17H23N3O2. The predicted molar refractivity (Wildman–Crippen MR) is 88.6 cm³/mol. The van der Waals surface area contributed by atoms with Crippen LogP contribution >= 0.6 is 0 Å². The monoisotopic (exact) mass is 301 g/mol. The van der Waals surface area contributed by atoms with Gasteiger partial charge in [-0.05, 0) is 44.4 Å². The molecule has 0 fully saturated rings. The van der Waals surface area contributed by atoms with Gasteiger partial charge in [-0.2, -0.15) is 0 Å². The Balaban J connectivity index is 2.03. The van der Waals surface area contributed by atoms with E-state index < -0.39 is 0 Å². The molecule has 0 radical (unpaired) electrons. The molecule has 0 bridgehead atoms. The van der Waals surface area contributed by atoms with Crippen LogP contribution in [0.2, 0.25) is 0 Å². The number of nitrogens with one attached hydrogen (secondary N) is 1. The molecule has 0 saturated heterocycles. The van der Waals surface area contributed by atoms with Crippen molar-refractivity contribution >= 4 is 16.6 Å². The van der Waals surface area contributed by atoms with Crippen molar-refractivity contribution < 1.29 is 9.47 Å². The van der Waals surface area contributed by atoms with Crippen molar-refractivity contribution in [2.24, 2.45) is 5.73 Å². The molecule has 0 aliphatic carbocycles. The van der Waals surface area contributed by atoms with Crippen molar-refractivity contribution in [3.63, 3.8) is 0 Å². The van der Waals surface area contributed by atoms with Crippen LogP contribution in [0.15, 0.2) is 18.3 Å². The molecule has 5 nitrogen and oxygen atoms in total. The zero-order valence-electron chi connectivity index (χ0n) is 13.2. The second kappa shape index (κ2) is 6.40. The number of hydrogen-bond acceptors (Lipinski definition) is 5. The van der Waals surface area contributed by atoms with E-state index >= 15 is 0 Å². The molecule has 1 unspecified atom stereocenters. The average molecular weight is 301 g/mol. The Hall–Kier alpha value is -2.01. The number of aromatic nitrogens is 1. The minimum Gasteiger partial charge on any atom is -0.453 e. The molecule has 3 rings (SSSR count). The third kappa shape index (κ3) is 2.68. The van der Waals surface area contributed by atoms with Gasteiger partial charge in [0.1, 0.15) is 0 Å². The van der Waals surface area contributed by atoms with E-state index in [1.165, 1.54) is 0 Å². The van der Waals surface area contributed by atoms with E-state index in [1.807, 2.05) is 18.3 Å². The van der Waals surface area contributed by atoms with Gasteiger partial charge in [0.25, 0.3) is 0 Å². The molecule has 1 atom stereocenters. The van der Waals surface area contributed by atoms with Crippen LogP contribution in [0, 0.1) is 6.92 Å². The zero-order chi connectivity index (χ0) is 15.5. The lowest BCUT2D eigenvalue weighted by Crippen LogP contribution is -2.20. The maximum absolute atomic E-state index is 5.64. The van der Waals surface area contributed by atoms with Crippen LogP contribution in [0.1, 0.15) is 31.7 Å². The van der Waals surface area contributed by atoms with Crippen molar-refractivity contribution in [1.29, 1.82) is 0 Å². The first-order valence-electron chi connectivity index (χ1n) is 7.89. The lowest BCUT2D eigenvalue weighted by molar-refractivity contribution is 0.175. The number of anilines is 1. The fraction of sp³-hybridized carbons (Fsp3) is 0.471. The third-order valence-electron chi connectivity index (χ3n) is 4.17. The number of ether oxygens (including phenoxy) is 2. The van der Waals surface area contributed by atoms with E-state index in [9.17, 15) is 0 Å². The third-order valence-corrected chi connectivity index (χ3v) is 4.17. The number of nitrogens with two attached hydrogens (primary N) is 1. The maximum atomic E-state index is 5.64. The summed E-state index contributed by atoms with van der Waals surface area (Å²) in [6, 6.07) is 4.39. The lowest BCUT2D eigenvalue weighted by Gasteiger charge is -2.20. The van der Waals surface area contributed by atoms with Crippen molar-refractivity contribution in [3.8, 4) is 11.5 Å². The van der Waals surface area contributed by atoms with Gasteiger partial charge in [0.05, 0.1) is 16.6 Å². The summed E-state index contributed by atoms with van der Waals surface area (Å²) in [6.07, 6.45) is 4.95. The molecule has 1 aromatic carbocycles. The molecule has 2 heterocycles. The highest BCUT2D eigenvalue weighted by molar-refractivity contribution is 5.99.